The first-order valence-corrected chi connectivity index (χ1v) is 8.10. The molecular weight excluding hydrogens is 468 g/mol. The van der Waals surface area contributed by atoms with E-state index in [-0.39, 0.29) is 27.1 Å². The summed E-state index contributed by atoms with van der Waals surface area (Å²) in [6.45, 7) is 2.61. The van der Waals surface area contributed by atoms with E-state index in [0.29, 0.717) is 5.92 Å². The van der Waals surface area contributed by atoms with Crippen LogP contribution in [-0.2, 0) is 21.1 Å². The van der Waals surface area contributed by atoms with Crippen molar-refractivity contribution in [3.8, 4) is 0 Å². The number of aromatic nitrogens is 1. The maximum atomic E-state index is 11.6. The first-order chi connectivity index (χ1) is 10.3. The maximum Gasteiger partial charge on any atom is 0.317 e. The molecule has 0 aliphatic carbocycles. The van der Waals surface area contributed by atoms with Gasteiger partial charge in [0, 0.05) is 47.7 Å². The number of rotatable bonds is 3. The average Bonchev–Trinajstić information content (AvgIpc) is 3.02. The molecule has 22 heavy (non-hydrogen) atoms. The Labute approximate surface area is 148 Å². The van der Waals surface area contributed by atoms with Gasteiger partial charge in [-0.05, 0) is 34.4 Å². The van der Waals surface area contributed by atoms with Gasteiger partial charge < -0.3 is 20.5 Å². The van der Waals surface area contributed by atoms with E-state index < -0.39 is 0 Å². The number of carbonyl (C=O) groups excluding carboxylic acids is 1. The Balaban J connectivity index is 0.00000176. The van der Waals surface area contributed by atoms with Crippen LogP contribution in [0.3, 0.4) is 0 Å². The molecule has 0 aromatic carbocycles. The molecule has 3 heterocycles. The van der Waals surface area contributed by atoms with Crippen molar-refractivity contribution < 1.29 is 25.9 Å². The summed E-state index contributed by atoms with van der Waals surface area (Å²) in [6, 6.07) is 3.97. The molecule has 0 saturated carbocycles. The van der Waals surface area contributed by atoms with Crippen LogP contribution in [0.15, 0.2) is 17.5 Å². The van der Waals surface area contributed by atoms with Gasteiger partial charge in [-0.25, -0.2) is 4.79 Å². The number of piperidine rings is 1. The van der Waals surface area contributed by atoms with Gasteiger partial charge in [0.25, 0.3) is 0 Å². The molecule has 2 aromatic rings. The molecule has 2 aromatic heterocycles. The third-order valence-corrected chi connectivity index (χ3v) is 4.92. The molecule has 0 radical (unpaired) electrons. The van der Waals surface area contributed by atoms with Crippen molar-refractivity contribution >= 4 is 33.3 Å². The number of carbonyl (C=O) groups is 1. The van der Waals surface area contributed by atoms with Gasteiger partial charge in [0.05, 0.1) is 0 Å². The minimum Gasteiger partial charge on any atom is -0.435 e. The second-order valence-corrected chi connectivity index (χ2v) is 6.22. The van der Waals surface area contributed by atoms with Gasteiger partial charge >= 0.3 is 6.03 Å². The molecule has 2 N–H and O–H groups in total. The van der Waals surface area contributed by atoms with Crippen LogP contribution in [0.5, 0.6) is 0 Å². The van der Waals surface area contributed by atoms with Crippen molar-refractivity contribution in [1.82, 2.24) is 15.2 Å². The Morgan fingerprint density at radius 2 is 2.27 bits per heavy atom. The molecule has 3 rings (SSSR count). The summed E-state index contributed by atoms with van der Waals surface area (Å²) in [4.78, 5) is 17.7. The van der Waals surface area contributed by atoms with Crippen molar-refractivity contribution in [3.05, 3.63) is 23.7 Å². The molecule has 0 spiro atoms. The van der Waals surface area contributed by atoms with E-state index in [9.17, 15) is 4.79 Å². The Morgan fingerprint density at radius 1 is 1.50 bits per heavy atom. The number of pyridine rings is 1. The van der Waals surface area contributed by atoms with Gasteiger partial charge in [-0.1, -0.05) is 18.0 Å². The maximum absolute atomic E-state index is 11.6. The monoisotopic (exact) mass is 487 g/mol. The number of hydrogen-bond acceptors (Lipinski definition) is 4. The zero-order valence-corrected chi connectivity index (χ0v) is 16.2. The normalized spacial score (nSPS) is 15.4. The topological polar surface area (TPSA) is 57.3 Å². The predicted octanol–water partition coefficient (Wildman–Crippen LogP) is 2.56. The number of nitrogens with one attached hydrogen (secondary N) is 2. The van der Waals surface area contributed by atoms with Crippen molar-refractivity contribution in [3.63, 3.8) is 0 Å². The number of urea groups is 1. The summed E-state index contributed by atoms with van der Waals surface area (Å²) >= 11 is 1.70. The quantitative estimate of drug-likeness (QED) is 0.655. The molecule has 1 fully saturated rings. The van der Waals surface area contributed by atoms with Crippen molar-refractivity contribution in [2.45, 2.75) is 12.8 Å². The number of fused-ring (bicyclic) bond motifs is 1. The molecule has 1 aliphatic rings. The van der Waals surface area contributed by atoms with Crippen molar-refractivity contribution in [2.24, 2.45) is 5.92 Å². The van der Waals surface area contributed by atoms with Gasteiger partial charge in [0.1, 0.15) is 0 Å². The molecule has 118 valence electrons. The molecule has 0 bridgehead atoms. The number of amides is 2. The van der Waals surface area contributed by atoms with Crippen molar-refractivity contribution in [1.29, 1.82) is 0 Å². The molecule has 7 heteroatoms. The van der Waals surface area contributed by atoms with Crippen LogP contribution >= 0.6 is 11.3 Å². The summed E-state index contributed by atoms with van der Waals surface area (Å²) in [7, 11) is 1.68. The Morgan fingerprint density at radius 3 is 3.00 bits per heavy atom. The molecule has 0 atom stereocenters. The first-order valence-electron chi connectivity index (χ1n) is 7.22. The smallest absolute Gasteiger partial charge is 0.317 e. The number of likely N-dealkylation sites (tertiary alicyclic amines) is 1. The second-order valence-electron chi connectivity index (χ2n) is 5.30. The Hall–Kier alpha value is -1.13. The van der Waals surface area contributed by atoms with Crippen LogP contribution < -0.4 is 10.6 Å². The van der Waals surface area contributed by atoms with Gasteiger partial charge in [-0.2, -0.15) is 11.3 Å². The zero-order chi connectivity index (χ0) is 14.7. The standard InChI is InChI=1S/C15H19N4OS.W/c1-16-15(20)19-7-3-11(4-8-19)10-18-12-2-6-17-13-5-9-21-14(12)13;/h2,5,9,11H,3-4,7-8,10H2,1H3,(H,16,20)(H,17,18);/q-1;. The van der Waals surface area contributed by atoms with Gasteiger partial charge in [-0.3, -0.25) is 0 Å². The van der Waals surface area contributed by atoms with Crippen LogP contribution in [0.25, 0.3) is 10.2 Å². The summed E-state index contributed by atoms with van der Waals surface area (Å²) < 4.78 is 1.19. The number of anilines is 1. The van der Waals surface area contributed by atoms with E-state index in [1.807, 2.05) is 17.0 Å². The molecule has 1 aliphatic heterocycles. The zero-order valence-electron chi connectivity index (χ0n) is 12.5. The van der Waals surface area contributed by atoms with E-state index in [1.54, 1.807) is 18.4 Å². The first kappa shape index (κ1) is 17.2. The number of thiophene rings is 1. The Kier molecular flexibility index (Phi) is 6.21. The van der Waals surface area contributed by atoms with Crippen LogP contribution in [0.2, 0.25) is 0 Å². The van der Waals surface area contributed by atoms with E-state index in [0.717, 1.165) is 43.7 Å². The third kappa shape index (κ3) is 3.79. The van der Waals surface area contributed by atoms with E-state index in [2.05, 4.69) is 27.2 Å². The molecule has 5 nitrogen and oxygen atoms in total. The molecular formula is C15H19N4OSW-. The summed E-state index contributed by atoms with van der Waals surface area (Å²) in [5.74, 6) is 0.606. The summed E-state index contributed by atoms with van der Waals surface area (Å²) in [6.07, 6.45) is 5.03. The minimum absolute atomic E-state index is 0. The molecule has 1 saturated heterocycles. The van der Waals surface area contributed by atoms with E-state index >= 15 is 0 Å². The SMILES string of the molecule is CNC(=O)N1CCC(CNc2c[c-]nc3ccsc23)CC1.[W]. The minimum atomic E-state index is 0. The second kappa shape index (κ2) is 7.93. The summed E-state index contributed by atoms with van der Waals surface area (Å²) in [5.41, 5.74) is 2.11. The molecule has 2 amide bonds. The predicted molar refractivity (Wildman–Crippen MR) is 85.7 cm³/mol. The third-order valence-electron chi connectivity index (χ3n) is 3.98. The number of nitrogens with zero attached hydrogens (tertiary/aromatic N) is 2. The fourth-order valence-corrected chi connectivity index (χ4v) is 3.53. The van der Waals surface area contributed by atoms with Gasteiger partial charge in [-0.15, -0.1) is 6.07 Å². The fraction of sp³-hybridized carbons (Fsp3) is 0.467. The fourth-order valence-electron chi connectivity index (χ4n) is 2.71. The van der Waals surface area contributed by atoms with Crippen molar-refractivity contribution in [2.75, 3.05) is 32.0 Å². The van der Waals surface area contributed by atoms with Crippen LogP contribution in [-0.4, -0.2) is 42.6 Å². The average molecular weight is 487 g/mol. The van der Waals surface area contributed by atoms with Crippen LogP contribution in [0.1, 0.15) is 12.8 Å². The number of hydrogen-bond donors (Lipinski definition) is 2. The van der Waals surface area contributed by atoms with Crippen LogP contribution in [0.4, 0.5) is 10.5 Å². The Bertz CT molecular complexity index is 625. The van der Waals surface area contributed by atoms with Crippen LogP contribution in [0, 0.1) is 12.1 Å². The van der Waals surface area contributed by atoms with E-state index in [1.165, 1.54) is 4.70 Å². The van der Waals surface area contributed by atoms with Gasteiger partial charge in [0.2, 0.25) is 0 Å². The summed E-state index contributed by atoms with van der Waals surface area (Å²) in [5, 5.41) is 8.26. The van der Waals surface area contributed by atoms with Gasteiger partial charge in [0.15, 0.2) is 0 Å². The van der Waals surface area contributed by atoms with E-state index in [4.69, 9.17) is 0 Å². The molecule has 0 unspecified atom stereocenters. The largest absolute Gasteiger partial charge is 0.435 e.